The number of hydrogen-bond acceptors (Lipinski definition) is 4. The molecule has 1 amide bonds. The summed E-state index contributed by atoms with van der Waals surface area (Å²) in [6, 6.07) is 3.84. The van der Waals surface area contributed by atoms with E-state index in [-0.39, 0.29) is 18.1 Å². The summed E-state index contributed by atoms with van der Waals surface area (Å²) in [5.41, 5.74) is 1.91. The molecular weight excluding hydrogens is 340 g/mol. The van der Waals surface area contributed by atoms with Crippen LogP contribution in [0, 0.1) is 0 Å². The Morgan fingerprint density at radius 1 is 1.50 bits per heavy atom. The number of fused-ring (bicyclic) bond motifs is 1. The van der Waals surface area contributed by atoms with Crippen molar-refractivity contribution in [3.8, 4) is 0 Å². The molecule has 6 heteroatoms. The highest BCUT2D eigenvalue weighted by atomic mass is 79.9. The molecule has 1 aromatic carbocycles. The molecule has 3 unspecified atom stereocenters. The first-order chi connectivity index (χ1) is 9.60. The third-order valence-corrected chi connectivity index (χ3v) is 6.24. The minimum atomic E-state index is -0.255. The molecule has 0 aromatic heterocycles. The Kier molecular flexibility index (Phi) is 4.08. The van der Waals surface area contributed by atoms with Gasteiger partial charge < -0.3 is 15.4 Å². The number of anilines is 1. The highest BCUT2D eigenvalue weighted by Crippen LogP contribution is 2.42. The van der Waals surface area contributed by atoms with Crippen LogP contribution in [0.15, 0.2) is 21.5 Å². The number of hydrogen-bond donors (Lipinski definition) is 2. The number of rotatable bonds is 3. The maximum Gasteiger partial charge on any atom is 0.246 e. The molecule has 0 saturated carbocycles. The molecule has 1 fully saturated rings. The summed E-state index contributed by atoms with van der Waals surface area (Å²) in [6.45, 7) is 2.95. The van der Waals surface area contributed by atoms with E-state index in [9.17, 15) is 4.79 Å². The number of carbonyl (C=O) groups is 1. The second-order valence-electron chi connectivity index (χ2n) is 5.10. The Hall–Kier alpha value is -0.560. The Morgan fingerprint density at radius 2 is 2.30 bits per heavy atom. The number of nitrogens with one attached hydrogen (secondary N) is 2. The van der Waals surface area contributed by atoms with E-state index >= 15 is 0 Å². The van der Waals surface area contributed by atoms with Gasteiger partial charge in [0.25, 0.3) is 0 Å². The van der Waals surface area contributed by atoms with Gasteiger partial charge >= 0.3 is 0 Å². The first-order valence-corrected chi connectivity index (χ1v) is 8.37. The minimum Gasteiger partial charge on any atom is -0.377 e. The summed E-state index contributed by atoms with van der Waals surface area (Å²) in [7, 11) is 1.80. The molecule has 108 valence electrons. The molecular formula is C14H17BrN2O2S. The maximum absolute atomic E-state index is 11.9. The molecule has 1 aromatic rings. The Morgan fingerprint density at radius 3 is 2.95 bits per heavy atom. The van der Waals surface area contributed by atoms with E-state index in [0.29, 0.717) is 5.25 Å². The van der Waals surface area contributed by atoms with Gasteiger partial charge in [0.15, 0.2) is 0 Å². The van der Waals surface area contributed by atoms with Crippen molar-refractivity contribution < 1.29 is 9.53 Å². The van der Waals surface area contributed by atoms with E-state index < -0.39 is 0 Å². The zero-order chi connectivity index (χ0) is 14.3. The van der Waals surface area contributed by atoms with Crippen LogP contribution < -0.4 is 10.6 Å². The number of carbonyl (C=O) groups excluding carboxylic acids is 1. The van der Waals surface area contributed by atoms with E-state index in [1.54, 1.807) is 7.05 Å². The molecule has 0 aliphatic carbocycles. The fraction of sp³-hybridized carbons (Fsp3) is 0.500. The van der Waals surface area contributed by atoms with Crippen LogP contribution in [0.4, 0.5) is 5.69 Å². The average Bonchev–Trinajstić information content (AvgIpc) is 2.93. The Labute approximate surface area is 131 Å². The van der Waals surface area contributed by atoms with Crippen molar-refractivity contribution >= 4 is 39.3 Å². The topological polar surface area (TPSA) is 50.4 Å². The van der Waals surface area contributed by atoms with Gasteiger partial charge in [-0.15, -0.1) is 11.8 Å². The van der Waals surface area contributed by atoms with Crippen molar-refractivity contribution in [3.05, 3.63) is 22.2 Å². The third-order valence-electron chi connectivity index (χ3n) is 3.81. The summed E-state index contributed by atoms with van der Waals surface area (Å²) in [5.74, 6) is 0.00844. The van der Waals surface area contributed by atoms with Gasteiger partial charge in [0.2, 0.25) is 5.91 Å². The lowest BCUT2D eigenvalue weighted by atomic mass is 10.1. The number of ether oxygens (including phenoxy) is 1. The monoisotopic (exact) mass is 356 g/mol. The number of thioether (sulfide) groups is 1. The lowest BCUT2D eigenvalue weighted by Gasteiger charge is -2.16. The van der Waals surface area contributed by atoms with Gasteiger partial charge in [-0.25, -0.2) is 0 Å². The van der Waals surface area contributed by atoms with Gasteiger partial charge in [0.05, 0.1) is 6.10 Å². The molecule has 2 aliphatic heterocycles. The highest BCUT2D eigenvalue weighted by molar-refractivity contribution is 9.10. The van der Waals surface area contributed by atoms with Gasteiger partial charge in [-0.3, -0.25) is 4.79 Å². The van der Waals surface area contributed by atoms with E-state index in [1.807, 2.05) is 17.8 Å². The molecule has 1 saturated heterocycles. The lowest BCUT2D eigenvalue weighted by molar-refractivity contribution is -0.117. The normalized spacial score (nSPS) is 28.6. The molecule has 3 atom stereocenters. The van der Waals surface area contributed by atoms with Crippen LogP contribution in [0.25, 0.3) is 0 Å². The summed E-state index contributed by atoms with van der Waals surface area (Å²) in [6.07, 6.45) is 1.35. The molecule has 2 aliphatic rings. The number of amides is 1. The number of halogens is 1. The van der Waals surface area contributed by atoms with Crippen LogP contribution in [-0.2, 0) is 9.53 Å². The SMILES string of the molecule is CNC1C(=O)Nc2cc(SC3CCOC3C)c(Br)cc21. The Bertz CT molecular complexity index is 552. The fourth-order valence-electron chi connectivity index (χ4n) is 2.67. The molecule has 20 heavy (non-hydrogen) atoms. The van der Waals surface area contributed by atoms with Crippen molar-refractivity contribution in [1.29, 1.82) is 0 Å². The van der Waals surface area contributed by atoms with E-state index in [4.69, 9.17) is 4.74 Å². The smallest absolute Gasteiger partial charge is 0.246 e. The summed E-state index contributed by atoms with van der Waals surface area (Å²) >= 11 is 5.44. The van der Waals surface area contributed by atoms with E-state index in [0.717, 1.165) is 33.6 Å². The molecule has 3 rings (SSSR count). The maximum atomic E-state index is 11.9. The summed E-state index contributed by atoms with van der Waals surface area (Å²) in [5, 5.41) is 6.45. The van der Waals surface area contributed by atoms with Crippen molar-refractivity contribution in [1.82, 2.24) is 5.32 Å². The number of benzene rings is 1. The minimum absolute atomic E-state index is 0.00844. The fourth-order valence-corrected chi connectivity index (χ4v) is 4.48. The summed E-state index contributed by atoms with van der Waals surface area (Å²) in [4.78, 5) is 13.0. The number of likely N-dealkylation sites (N-methyl/N-ethyl adjacent to an activating group) is 1. The largest absolute Gasteiger partial charge is 0.377 e. The van der Waals surface area contributed by atoms with Crippen LogP contribution >= 0.6 is 27.7 Å². The first-order valence-electron chi connectivity index (χ1n) is 6.70. The highest BCUT2D eigenvalue weighted by Gasteiger charge is 2.31. The molecule has 4 nitrogen and oxygen atoms in total. The standard InChI is InChI=1S/C14H17BrN2O2S/c1-7-11(3-4-19-7)20-12-6-10-8(5-9(12)15)13(16-2)14(18)17-10/h5-7,11,13,16H,3-4H2,1-2H3,(H,17,18). The molecule has 0 radical (unpaired) electrons. The van der Waals surface area contributed by atoms with Crippen molar-refractivity contribution in [2.45, 2.75) is 35.6 Å². The quantitative estimate of drug-likeness (QED) is 0.874. The van der Waals surface area contributed by atoms with Gasteiger partial charge in [-0.1, -0.05) is 0 Å². The van der Waals surface area contributed by atoms with E-state index in [1.165, 1.54) is 0 Å². The van der Waals surface area contributed by atoms with Crippen LogP contribution in [0.3, 0.4) is 0 Å². The lowest BCUT2D eigenvalue weighted by Crippen LogP contribution is -2.23. The van der Waals surface area contributed by atoms with Crippen molar-refractivity contribution in [2.24, 2.45) is 0 Å². The summed E-state index contributed by atoms with van der Waals surface area (Å²) < 4.78 is 6.64. The van der Waals surface area contributed by atoms with Crippen LogP contribution in [0.1, 0.15) is 24.9 Å². The van der Waals surface area contributed by atoms with Crippen LogP contribution in [0.5, 0.6) is 0 Å². The van der Waals surface area contributed by atoms with Gasteiger partial charge in [0.1, 0.15) is 6.04 Å². The predicted octanol–water partition coefficient (Wildman–Crippen LogP) is 2.93. The average molecular weight is 357 g/mol. The second-order valence-corrected chi connectivity index (χ2v) is 7.24. The van der Waals surface area contributed by atoms with Crippen LogP contribution in [-0.4, -0.2) is 30.9 Å². The molecule has 2 heterocycles. The first kappa shape index (κ1) is 14.4. The zero-order valence-corrected chi connectivity index (χ0v) is 13.8. The van der Waals surface area contributed by atoms with Gasteiger partial charge in [0, 0.05) is 32.5 Å². The molecule has 0 spiro atoms. The van der Waals surface area contributed by atoms with Crippen LogP contribution in [0.2, 0.25) is 0 Å². The van der Waals surface area contributed by atoms with Crippen molar-refractivity contribution in [2.75, 3.05) is 19.0 Å². The van der Waals surface area contributed by atoms with Gasteiger partial charge in [-0.05, 0) is 48.5 Å². The third kappa shape index (κ3) is 2.50. The molecule has 2 N–H and O–H groups in total. The van der Waals surface area contributed by atoms with E-state index in [2.05, 4.69) is 39.6 Å². The van der Waals surface area contributed by atoms with Gasteiger partial charge in [-0.2, -0.15) is 0 Å². The predicted molar refractivity (Wildman–Crippen MR) is 84.2 cm³/mol. The second kappa shape index (κ2) is 5.67. The van der Waals surface area contributed by atoms with Crippen molar-refractivity contribution in [3.63, 3.8) is 0 Å². The molecule has 0 bridgehead atoms. The zero-order valence-electron chi connectivity index (χ0n) is 11.4. The Balaban J connectivity index is 1.87.